The summed E-state index contributed by atoms with van der Waals surface area (Å²) < 4.78 is 5.27. The van der Waals surface area contributed by atoms with E-state index in [1.165, 1.54) is 6.08 Å². The lowest BCUT2D eigenvalue weighted by atomic mass is 9.79. The molecule has 1 rings (SSSR count). The maximum Gasteiger partial charge on any atom is 0.243 e. The van der Waals surface area contributed by atoms with Gasteiger partial charge in [-0.25, -0.2) is 0 Å². The summed E-state index contributed by atoms with van der Waals surface area (Å²) in [6.07, 6.45) is 4.41. The van der Waals surface area contributed by atoms with E-state index in [-0.39, 0.29) is 11.8 Å². The maximum atomic E-state index is 11.9. The topological polar surface area (TPSA) is 67.4 Å². The van der Waals surface area contributed by atoms with Crippen LogP contribution < -0.4 is 10.6 Å². The highest BCUT2D eigenvalue weighted by atomic mass is 16.5. The van der Waals surface area contributed by atoms with Crippen molar-refractivity contribution < 1.29 is 14.3 Å². The lowest BCUT2D eigenvalue weighted by Gasteiger charge is -2.35. The highest BCUT2D eigenvalue weighted by molar-refractivity contribution is 5.88. The van der Waals surface area contributed by atoms with Crippen molar-refractivity contribution >= 4 is 11.8 Å². The summed E-state index contributed by atoms with van der Waals surface area (Å²) in [6, 6.07) is 0. The monoisotopic (exact) mass is 240 g/mol. The Morgan fingerprint density at radius 1 is 1.35 bits per heavy atom. The normalized spacial score (nSPS) is 18.9. The fourth-order valence-corrected chi connectivity index (χ4v) is 1.98. The summed E-state index contributed by atoms with van der Waals surface area (Å²) in [4.78, 5) is 23.3. The van der Waals surface area contributed by atoms with Crippen molar-refractivity contribution in [3.05, 3.63) is 12.2 Å². The molecule has 0 radical (unpaired) electrons. The summed E-state index contributed by atoms with van der Waals surface area (Å²) in [7, 11) is 1.62. The predicted octanol–water partition coefficient (Wildman–Crippen LogP) is 0.222. The minimum Gasteiger partial charge on any atom is -0.381 e. The summed E-state index contributed by atoms with van der Waals surface area (Å²) in [5.41, 5.74) is -0.524. The molecule has 1 aliphatic rings. The van der Waals surface area contributed by atoms with Gasteiger partial charge in [0.15, 0.2) is 0 Å². The quantitative estimate of drug-likeness (QED) is 0.691. The fraction of sp³-hybridized carbons (Fsp3) is 0.667. The lowest BCUT2D eigenvalue weighted by molar-refractivity contribution is -0.136. The predicted molar refractivity (Wildman–Crippen MR) is 64.4 cm³/mol. The van der Waals surface area contributed by atoms with E-state index in [2.05, 4.69) is 10.6 Å². The van der Waals surface area contributed by atoms with E-state index >= 15 is 0 Å². The van der Waals surface area contributed by atoms with Crippen molar-refractivity contribution in [3.8, 4) is 0 Å². The van der Waals surface area contributed by atoms with Gasteiger partial charge in [0.2, 0.25) is 11.8 Å². The zero-order chi connectivity index (χ0) is 12.7. The molecule has 0 aromatic heterocycles. The van der Waals surface area contributed by atoms with Crippen LogP contribution in [0.25, 0.3) is 0 Å². The van der Waals surface area contributed by atoms with Crippen LogP contribution in [0.15, 0.2) is 12.2 Å². The first kappa shape index (κ1) is 13.7. The average Bonchev–Trinajstić information content (AvgIpc) is 2.37. The van der Waals surface area contributed by atoms with Crippen LogP contribution in [0.1, 0.15) is 19.8 Å². The summed E-state index contributed by atoms with van der Waals surface area (Å²) in [5, 5.41) is 5.43. The van der Waals surface area contributed by atoms with Crippen molar-refractivity contribution in [3.63, 3.8) is 0 Å². The van der Waals surface area contributed by atoms with Crippen LogP contribution in [0.3, 0.4) is 0 Å². The third-order valence-electron chi connectivity index (χ3n) is 3.08. The second kappa shape index (κ2) is 6.39. The Kier molecular flexibility index (Phi) is 5.15. The van der Waals surface area contributed by atoms with Crippen LogP contribution in [-0.2, 0) is 14.3 Å². The van der Waals surface area contributed by atoms with E-state index in [0.29, 0.717) is 32.6 Å². The molecule has 1 fully saturated rings. The number of hydrogen-bond donors (Lipinski definition) is 2. The molecule has 1 heterocycles. The van der Waals surface area contributed by atoms with E-state index in [9.17, 15) is 9.59 Å². The minimum absolute atomic E-state index is 0.0263. The summed E-state index contributed by atoms with van der Waals surface area (Å²) in [6.45, 7) is 3.27. The van der Waals surface area contributed by atoms with Gasteiger partial charge in [-0.2, -0.15) is 0 Å². The van der Waals surface area contributed by atoms with E-state index in [1.54, 1.807) is 20.0 Å². The van der Waals surface area contributed by atoms with Gasteiger partial charge in [-0.15, -0.1) is 0 Å². The van der Waals surface area contributed by atoms with E-state index in [0.717, 1.165) is 0 Å². The minimum atomic E-state index is -0.524. The molecule has 2 amide bonds. The molecule has 5 nitrogen and oxygen atoms in total. The Labute approximate surface area is 102 Å². The zero-order valence-electron chi connectivity index (χ0n) is 10.4. The highest BCUT2D eigenvalue weighted by Crippen LogP contribution is 2.29. The van der Waals surface area contributed by atoms with Crippen molar-refractivity contribution in [2.45, 2.75) is 19.8 Å². The molecule has 0 bridgehead atoms. The molecule has 0 unspecified atom stereocenters. The van der Waals surface area contributed by atoms with Gasteiger partial charge in [0.05, 0.1) is 5.41 Å². The van der Waals surface area contributed by atoms with Gasteiger partial charge in [-0.3, -0.25) is 9.59 Å². The molecule has 1 saturated heterocycles. The molecule has 2 N–H and O–H groups in total. The number of nitrogens with one attached hydrogen (secondary N) is 2. The number of amides is 2. The third-order valence-corrected chi connectivity index (χ3v) is 3.08. The van der Waals surface area contributed by atoms with E-state index in [4.69, 9.17) is 4.74 Å². The molecule has 0 aromatic carbocycles. The van der Waals surface area contributed by atoms with E-state index < -0.39 is 5.41 Å². The molecule has 96 valence electrons. The lowest BCUT2D eigenvalue weighted by Crippen LogP contribution is -2.50. The van der Waals surface area contributed by atoms with Crippen molar-refractivity contribution in [2.75, 3.05) is 26.8 Å². The van der Waals surface area contributed by atoms with Crippen LogP contribution >= 0.6 is 0 Å². The van der Waals surface area contributed by atoms with Crippen molar-refractivity contribution in [1.82, 2.24) is 10.6 Å². The zero-order valence-corrected chi connectivity index (χ0v) is 10.4. The molecule has 1 aliphatic heterocycles. The molecular formula is C12H20N2O3. The van der Waals surface area contributed by atoms with Gasteiger partial charge in [0.1, 0.15) is 0 Å². The largest absolute Gasteiger partial charge is 0.381 e. The van der Waals surface area contributed by atoms with Crippen LogP contribution in [0.5, 0.6) is 0 Å². The highest BCUT2D eigenvalue weighted by Gasteiger charge is 2.39. The second-order valence-corrected chi connectivity index (χ2v) is 4.19. The van der Waals surface area contributed by atoms with Gasteiger partial charge in [0.25, 0.3) is 0 Å². The Hall–Kier alpha value is -1.36. The Balaban J connectivity index is 2.64. The first-order chi connectivity index (χ1) is 8.14. The first-order valence-electron chi connectivity index (χ1n) is 5.85. The fourth-order valence-electron chi connectivity index (χ4n) is 1.98. The molecule has 0 saturated carbocycles. The number of carbonyl (C=O) groups is 2. The number of carbonyl (C=O) groups excluding carboxylic acids is 2. The Morgan fingerprint density at radius 3 is 2.53 bits per heavy atom. The molecule has 0 aliphatic carbocycles. The van der Waals surface area contributed by atoms with Gasteiger partial charge < -0.3 is 15.4 Å². The van der Waals surface area contributed by atoms with Gasteiger partial charge in [0, 0.05) is 26.8 Å². The van der Waals surface area contributed by atoms with Gasteiger partial charge in [-0.1, -0.05) is 6.08 Å². The van der Waals surface area contributed by atoms with Gasteiger partial charge in [-0.05, 0) is 25.8 Å². The van der Waals surface area contributed by atoms with Crippen LogP contribution in [0.4, 0.5) is 0 Å². The van der Waals surface area contributed by atoms with Crippen LogP contribution in [-0.4, -0.2) is 38.6 Å². The number of allylic oxidation sites excluding steroid dienone is 1. The smallest absolute Gasteiger partial charge is 0.243 e. The molecule has 17 heavy (non-hydrogen) atoms. The molecule has 5 heteroatoms. The van der Waals surface area contributed by atoms with Crippen molar-refractivity contribution in [1.29, 1.82) is 0 Å². The van der Waals surface area contributed by atoms with E-state index in [1.807, 2.05) is 0 Å². The third kappa shape index (κ3) is 3.56. The Morgan fingerprint density at radius 2 is 2.00 bits per heavy atom. The number of rotatable bonds is 4. The number of hydrogen-bond acceptors (Lipinski definition) is 3. The average molecular weight is 240 g/mol. The van der Waals surface area contributed by atoms with Crippen LogP contribution in [0, 0.1) is 5.41 Å². The van der Waals surface area contributed by atoms with Crippen molar-refractivity contribution in [2.24, 2.45) is 5.41 Å². The second-order valence-electron chi connectivity index (χ2n) is 4.19. The standard InChI is InChI=1S/C12H20N2O3/c1-3-4-10(15)14-9-12(11(16)13-2)5-7-17-8-6-12/h3-4H,5-9H2,1-2H3,(H,13,16)(H,14,15). The summed E-state index contributed by atoms with van der Waals surface area (Å²) >= 11 is 0. The molecule has 0 atom stereocenters. The van der Waals surface area contributed by atoms with Crippen LogP contribution in [0.2, 0.25) is 0 Å². The number of ether oxygens (including phenoxy) is 1. The Bertz CT molecular complexity index is 307. The van der Waals surface area contributed by atoms with Gasteiger partial charge >= 0.3 is 0 Å². The molecule has 0 spiro atoms. The molecule has 0 aromatic rings. The first-order valence-corrected chi connectivity index (χ1v) is 5.85. The maximum absolute atomic E-state index is 11.9. The summed E-state index contributed by atoms with van der Waals surface area (Å²) in [5.74, 6) is -0.191. The molecular weight excluding hydrogens is 220 g/mol. The SMILES string of the molecule is CC=CC(=O)NCC1(C(=O)NC)CCOCC1.